The quantitative estimate of drug-likeness (QED) is 0.595. The van der Waals surface area contributed by atoms with Gasteiger partial charge in [0.15, 0.2) is 0 Å². The number of nitrogens with zero attached hydrogens (tertiary/aromatic N) is 5. The van der Waals surface area contributed by atoms with Gasteiger partial charge in [-0.3, -0.25) is 9.69 Å². The molecular formula is C22H25Cl2N5O4S. The third-order valence-electron chi connectivity index (χ3n) is 6.00. The summed E-state index contributed by atoms with van der Waals surface area (Å²) in [6, 6.07) is 8.30. The molecule has 2 saturated heterocycles. The van der Waals surface area contributed by atoms with Crippen molar-refractivity contribution in [2.45, 2.75) is 25.1 Å². The van der Waals surface area contributed by atoms with E-state index in [1.807, 2.05) is 4.90 Å². The van der Waals surface area contributed by atoms with Crippen LogP contribution < -0.4 is 9.80 Å². The van der Waals surface area contributed by atoms with Crippen LogP contribution in [0.3, 0.4) is 0 Å². The summed E-state index contributed by atoms with van der Waals surface area (Å²) in [6.07, 6.45) is 1.66. The van der Waals surface area contributed by atoms with Crippen molar-refractivity contribution in [3.8, 4) is 0 Å². The molecule has 3 heterocycles. The molecule has 12 heteroatoms. The van der Waals surface area contributed by atoms with Crippen molar-refractivity contribution >= 4 is 56.7 Å². The highest BCUT2D eigenvalue weighted by molar-refractivity contribution is 7.90. The third kappa shape index (κ3) is 4.42. The van der Waals surface area contributed by atoms with Crippen LogP contribution >= 0.6 is 23.2 Å². The summed E-state index contributed by atoms with van der Waals surface area (Å²) in [6.45, 7) is 4.49. The summed E-state index contributed by atoms with van der Waals surface area (Å²) >= 11 is 12.6. The molecule has 2 aromatic rings. The lowest BCUT2D eigenvalue weighted by Gasteiger charge is -2.37. The molecule has 1 aromatic heterocycles. The molecule has 2 aliphatic rings. The van der Waals surface area contributed by atoms with E-state index in [0.717, 1.165) is 4.31 Å². The highest BCUT2D eigenvalue weighted by Gasteiger charge is 2.49. The molecule has 1 aromatic carbocycles. The third-order valence-corrected chi connectivity index (χ3v) is 8.73. The summed E-state index contributed by atoms with van der Waals surface area (Å²) in [4.78, 5) is 36.1. The fourth-order valence-electron chi connectivity index (χ4n) is 4.10. The van der Waals surface area contributed by atoms with Crippen molar-refractivity contribution in [2.24, 2.45) is 0 Å². The Morgan fingerprint density at radius 1 is 1.03 bits per heavy atom. The molecular weight excluding hydrogens is 501 g/mol. The first-order valence-corrected chi connectivity index (χ1v) is 13.1. The number of anilines is 2. The number of hydrogen-bond donors (Lipinski definition) is 0. The number of hydrogen-bond acceptors (Lipinski definition) is 6. The van der Waals surface area contributed by atoms with Crippen LogP contribution in [0.5, 0.6) is 0 Å². The number of carbonyl (C=O) groups is 2. The number of piperazine rings is 1. The van der Waals surface area contributed by atoms with E-state index in [1.165, 1.54) is 18.7 Å². The Kier molecular flexibility index (Phi) is 6.93. The molecule has 3 amide bonds. The zero-order valence-electron chi connectivity index (χ0n) is 18.8. The van der Waals surface area contributed by atoms with Gasteiger partial charge in [-0.1, -0.05) is 35.3 Å². The standard InChI is InChI=1S/C22H25Cl2N5O4S/c1-15(2)34(32,33)28-14-19(29(22(28)31)18-8-4-3-6-16(18)23)21(30)27-12-10-26(11-13-27)20-17(24)7-5-9-25-20/h3-9,15,19H,10-14H2,1-2H3. The van der Waals surface area contributed by atoms with Crippen molar-refractivity contribution in [3.63, 3.8) is 0 Å². The minimum atomic E-state index is -3.93. The Morgan fingerprint density at radius 2 is 1.68 bits per heavy atom. The molecule has 0 radical (unpaired) electrons. The number of para-hydroxylation sites is 1. The van der Waals surface area contributed by atoms with E-state index in [-0.39, 0.29) is 17.5 Å². The number of pyridine rings is 1. The van der Waals surface area contributed by atoms with E-state index in [0.29, 0.717) is 42.7 Å². The minimum Gasteiger partial charge on any atom is -0.352 e. The zero-order chi connectivity index (χ0) is 24.6. The molecule has 0 spiro atoms. The van der Waals surface area contributed by atoms with Crippen LogP contribution in [-0.2, 0) is 14.8 Å². The molecule has 2 fully saturated rings. The fourth-order valence-corrected chi connectivity index (χ4v) is 5.73. The number of rotatable bonds is 5. The SMILES string of the molecule is CC(C)S(=O)(=O)N1CC(C(=O)N2CCN(c3ncccc3Cl)CC2)N(c2ccccc2Cl)C1=O. The number of benzene rings is 1. The van der Waals surface area contributed by atoms with Crippen molar-refractivity contribution in [1.82, 2.24) is 14.2 Å². The van der Waals surface area contributed by atoms with Crippen molar-refractivity contribution in [1.29, 1.82) is 0 Å². The minimum absolute atomic E-state index is 0.257. The number of carbonyl (C=O) groups excluding carboxylic acids is 2. The topological polar surface area (TPSA) is 94.1 Å². The second-order valence-corrected chi connectivity index (χ2v) is 11.6. The van der Waals surface area contributed by atoms with Crippen LogP contribution in [0, 0.1) is 0 Å². The number of halogens is 2. The summed E-state index contributed by atoms with van der Waals surface area (Å²) < 4.78 is 26.5. The Morgan fingerprint density at radius 3 is 2.29 bits per heavy atom. The van der Waals surface area contributed by atoms with Crippen molar-refractivity contribution in [2.75, 3.05) is 42.5 Å². The van der Waals surface area contributed by atoms with Gasteiger partial charge in [-0.25, -0.2) is 22.5 Å². The number of sulfonamides is 1. The average Bonchev–Trinajstić information content (AvgIpc) is 3.17. The summed E-state index contributed by atoms with van der Waals surface area (Å²) in [5.41, 5.74) is 0.299. The van der Waals surface area contributed by atoms with E-state index in [2.05, 4.69) is 4.98 Å². The van der Waals surface area contributed by atoms with Crippen LogP contribution in [0.25, 0.3) is 0 Å². The van der Waals surface area contributed by atoms with E-state index in [1.54, 1.807) is 47.5 Å². The van der Waals surface area contributed by atoms with Gasteiger partial charge in [0, 0.05) is 32.4 Å². The van der Waals surface area contributed by atoms with E-state index < -0.39 is 27.3 Å². The smallest absolute Gasteiger partial charge is 0.339 e. The molecule has 0 saturated carbocycles. The van der Waals surface area contributed by atoms with Gasteiger partial charge < -0.3 is 9.80 Å². The van der Waals surface area contributed by atoms with E-state index in [4.69, 9.17) is 23.2 Å². The van der Waals surface area contributed by atoms with Gasteiger partial charge in [-0.2, -0.15) is 0 Å². The lowest BCUT2D eigenvalue weighted by molar-refractivity contribution is -0.132. The molecule has 0 bridgehead atoms. The Bertz CT molecular complexity index is 1200. The second-order valence-electron chi connectivity index (χ2n) is 8.37. The highest BCUT2D eigenvalue weighted by Crippen LogP contribution is 2.34. The van der Waals surface area contributed by atoms with Gasteiger partial charge in [0.05, 0.1) is 27.5 Å². The molecule has 0 N–H and O–H groups in total. The average molecular weight is 526 g/mol. The predicted molar refractivity (Wildman–Crippen MR) is 132 cm³/mol. The molecule has 34 heavy (non-hydrogen) atoms. The largest absolute Gasteiger partial charge is 0.352 e. The van der Waals surface area contributed by atoms with Gasteiger partial charge in [0.25, 0.3) is 0 Å². The van der Waals surface area contributed by atoms with Crippen LogP contribution in [-0.4, -0.2) is 78.6 Å². The first-order chi connectivity index (χ1) is 16.1. The maximum atomic E-state index is 13.6. The summed E-state index contributed by atoms with van der Waals surface area (Å²) in [5, 5.41) is -0.0276. The van der Waals surface area contributed by atoms with E-state index in [9.17, 15) is 18.0 Å². The fraction of sp³-hybridized carbons (Fsp3) is 0.409. The predicted octanol–water partition coefficient (Wildman–Crippen LogP) is 3.09. The highest BCUT2D eigenvalue weighted by atomic mass is 35.5. The Hall–Kier alpha value is -2.56. The second kappa shape index (κ2) is 9.59. The zero-order valence-corrected chi connectivity index (χ0v) is 21.1. The monoisotopic (exact) mass is 525 g/mol. The Balaban J connectivity index is 1.59. The molecule has 0 aliphatic carbocycles. The summed E-state index contributed by atoms with van der Waals surface area (Å²) in [5.74, 6) is 0.320. The van der Waals surface area contributed by atoms with Crippen molar-refractivity contribution < 1.29 is 18.0 Å². The van der Waals surface area contributed by atoms with Crippen LogP contribution in [0.4, 0.5) is 16.3 Å². The first kappa shape index (κ1) is 24.6. The first-order valence-electron chi connectivity index (χ1n) is 10.9. The molecule has 182 valence electrons. The van der Waals surface area contributed by atoms with Gasteiger partial charge in [0.2, 0.25) is 15.9 Å². The lowest BCUT2D eigenvalue weighted by Crippen LogP contribution is -2.55. The van der Waals surface area contributed by atoms with Crippen LogP contribution in [0.1, 0.15) is 13.8 Å². The van der Waals surface area contributed by atoms with Crippen LogP contribution in [0.15, 0.2) is 42.6 Å². The molecule has 2 aliphatic heterocycles. The number of urea groups is 1. The van der Waals surface area contributed by atoms with Crippen molar-refractivity contribution in [3.05, 3.63) is 52.6 Å². The van der Waals surface area contributed by atoms with Gasteiger partial charge in [-0.15, -0.1) is 0 Å². The number of aromatic nitrogens is 1. The van der Waals surface area contributed by atoms with Crippen LogP contribution in [0.2, 0.25) is 10.0 Å². The van der Waals surface area contributed by atoms with Gasteiger partial charge >= 0.3 is 6.03 Å². The lowest BCUT2D eigenvalue weighted by atomic mass is 10.2. The summed E-state index contributed by atoms with van der Waals surface area (Å²) in [7, 11) is -3.93. The maximum Gasteiger partial charge on any atom is 0.339 e. The molecule has 1 atom stereocenters. The molecule has 4 rings (SSSR count). The normalized spacial score (nSPS) is 19.3. The molecule has 9 nitrogen and oxygen atoms in total. The van der Waals surface area contributed by atoms with E-state index >= 15 is 0 Å². The maximum absolute atomic E-state index is 13.6. The van der Waals surface area contributed by atoms with Gasteiger partial charge in [0.1, 0.15) is 11.9 Å². The number of amides is 3. The van der Waals surface area contributed by atoms with Gasteiger partial charge in [-0.05, 0) is 38.1 Å². The molecule has 1 unspecified atom stereocenters. The Labute approximate surface area is 208 Å².